The van der Waals surface area contributed by atoms with Gasteiger partial charge in [0.1, 0.15) is 0 Å². The minimum absolute atomic E-state index is 0.694. The summed E-state index contributed by atoms with van der Waals surface area (Å²) >= 11 is 0. The van der Waals surface area contributed by atoms with E-state index in [4.69, 9.17) is 0 Å². The fourth-order valence-electron chi connectivity index (χ4n) is 2.98. The molecule has 1 saturated carbocycles. The first-order valence-corrected chi connectivity index (χ1v) is 8.06. The van der Waals surface area contributed by atoms with E-state index in [-0.39, 0.29) is 0 Å². The Morgan fingerprint density at radius 2 is 2.15 bits per heavy atom. The lowest BCUT2D eigenvalue weighted by atomic mass is 10.2. The van der Waals surface area contributed by atoms with Gasteiger partial charge in [0.2, 0.25) is 0 Å². The minimum Gasteiger partial charge on any atom is -0.332 e. The molecule has 1 N–H and O–H groups in total. The van der Waals surface area contributed by atoms with Gasteiger partial charge in [-0.1, -0.05) is 26.7 Å². The number of nitrogens with zero attached hydrogens (tertiary/aromatic N) is 3. The fraction of sp³-hybridized carbons (Fsp3) is 0.812. The fourth-order valence-corrected chi connectivity index (χ4v) is 2.98. The Bertz CT molecular complexity index is 380. The van der Waals surface area contributed by atoms with Crippen molar-refractivity contribution in [2.75, 3.05) is 20.1 Å². The van der Waals surface area contributed by atoms with Crippen LogP contribution in [0.3, 0.4) is 0 Å². The molecule has 0 aromatic carbocycles. The summed E-state index contributed by atoms with van der Waals surface area (Å²) in [6.07, 6.45) is 9.53. The molecular weight excluding hydrogens is 248 g/mol. The van der Waals surface area contributed by atoms with E-state index < -0.39 is 0 Å². The zero-order valence-corrected chi connectivity index (χ0v) is 13.3. The SMILES string of the molecule is CC(C)CNCc1cncn1CCN(C)C1CCCC1. The third-order valence-electron chi connectivity index (χ3n) is 4.30. The summed E-state index contributed by atoms with van der Waals surface area (Å²) in [7, 11) is 2.27. The highest BCUT2D eigenvalue weighted by Gasteiger charge is 2.19. The molecule has 0 saturated heterocycles. The summed E-state index contributed by atoms with van der Waals surface area (Å²) < 4.78 is 2.29. The monoisotopic (exact) mass is 278 g/mol. The average Bonchev–Trinajstić information content (AvgIpc) is 3.07. The Balaban J connectivity index is 1.76. The lowest BCUT2D eigenvalue weighted by molar-refractivity contribution is 0.235. The molecule has 1 aromatic heterocycles. The molecule has 0 bridgehead atoms. The van der Waals surface area contributed by atoms with Crippen LogP contribution in [0.1, 0.15) is 45.2 Å². The smallest absolute Gasteiger partial charge is 0.0949 e. The number of imidazole rings is 1. The molecule has 0 unspecified atom stereocenters. The maximum atomic E-state index is 4.30. The van der Waals surface area contributed by atoms with E-state index in [2.05, 4.69) is 40.7 Å². The average molecular weight is 278 g/mol. The van der Waals surface area contributed by atoms with E-state index in [9.17, 15) is 0 Å². The quantitative estimate of drug-likeness (QED) is 0.793. The molecule has 2 rings (SSSR count). The molecule has 20 heavy (non-hydrogen) atoms. The number of rotatable bonds is 8. The highest BCUT2D eigenvalue weighted by atomic mass is 15.2. The first-order chi connectivity index (χ1) is 9.66. The minimum atomic E-state index is 0.694. The van der Waals surface area contributed by atoms with Crippen molar-refractivity contribution in [1.82, 2.24) is 19.8 Å². The third-order valence-corrected chi connectivity index (χ3v) is 4.30. The zero-order chi connectivity index (χ0) is 14.4. The summed E-state index contributed by atoms with van der Waals surface area (Å²) in [5.41, 5.74) is 1.30. The molecule has 0 amide bonds. The lowest BCUT2D eigenvalue weighted by Gasteiger charge is -2.24. The van der Waals surface area contributed by atoms with Crippen molar-refractivity contribution < 1.29 is 0 Å². The summed E-state index contributed by atoms with van der Waals surface area (Å²) in [5.74, 6) is 0.694. The number of hydrogen-bond donors (Lipinski definition) is 1. The molecule has 0 spiro atoms. The molecule has 1 aromatic rings. The van der Waals surface area contributed by atoms with Crippen molar-refractivity contribution >= 4 is 0 Å². The molecule has 1 aliphatic rings. The number of likely N-dealkylation sites (N-methyl/N-ethyl adjacent to an activating group) is 1. The van der Waals surface area contributed by atoms with Crippen molar-refractivity contribution in [2.45, 2.75) is 58.7 Å². The van der Waals surface area contributed by atoms with E-state index >= 15 is 0 Å². The predicted octanol–water partition coefficient (Wildman–Crippen LogP) is 2.50. The van der Waals surface area contributed by atoms with Crippen LogP contribution in [0.2, 0.25) is 0 Å². The van der Waals surface area contributed by atoms with Crippen LogP contribution in [-0.4, -0.2) is 40.6 Å². The number of nitrogens with one attached hydrogen (secondary N) is 1. The highest BCUT2D eigenvalue weighted by molar-refractivity contribution is 4.98. The largest absolute Gasteiger partial charge is 0.332 e. The summed E-state index contributed by atoms with van der Waals surface area (Å²) in [5, 5.41) is 3.50. The van der Waals surface area contributed by atoms with Crippen LogP contribution in [0.4, 0.5) is 0 Å². The molecule has 4 nitrogen and oxygen atoms in total. The Morgan fingerprint density at radius 3 is 2.85 bits per heavy atom. The molecule has 0 atom stereocenters. The Hall–Kier alpha value is -0.870. The van der Waals surface area contributed by atoms with Crippen LogP contribution in [0.15, 0.2) is 12.5 Å². The van der Waals surface area contributed by atoms with Gasteiger partial charge >= 0.3 is 0 Å². The second kappa shape index (κ2) is 7.79. The standard InChI is InChI=1S/C16H30N4/c1-14(2)10-17-11-16-12-18-13-20(16)9-8-19(3)15-6-4-5-7-15/h12-15,17H,4-11H2,1-3H3. The maximum Gasteiger partial charge on any atom is 0.0949 e. The van der Waals surface area contributed by atoms with E-state index in [0.29, 0.717) is 5.92 Å². The molecule has 1 aliphatic carbocycles. The van der Waals surface area contributed by atoms with Crippen LogP contribution in [-0.2, 0) is 13.1 Å². The Labute approximate surface area is 123 Å². The number of hydrogen-bond acceptors (Lipinski definition) is 3. The van der Waals surface area contributed by atoms with Gasteiger partial charge in [0.15, 0.2) is 0 Å². The number of aromatic nitrogens is 2. The Kier molecular flexibility index (Phi) is 6.05. The van der Waals surface area contributed by atoms with Crippen molar-refractivity contribution in [3.63, 3.8) is 0 Å². The van der Waals surface area contributed by atoms with Crippen LogP contribution < -0.4 is 5.32 Å². The molecule has 0 radical (unpaired) electrons. The van der Waals surface area contributed by atoms with Gasteiger partial charge in [-0.2, -0.15) is 0 Å². The molecule has 1 fully saturated rings. The molecular formula is C16H30N4. The normalized spacial score (nSPS) is 16.6. The van der Waals surface area contributed by atoms with E-state index in [1.54, 1.807) is 0 Å². The zero-order valence-electron chi connectivity index (χ0n) is 13.3. The first-order valence-electron chi connectivity index (χ1n) is 8.06. The van der Waals surface area contributed by atoms with Gasteiger partial charge in [-0.15, -0.1) is 0 Å². The van der Waals surface area contributed by atoms with E-state index in [1.165, 1.54) is 31.4 Å². The molecule has 0 aliphatic heterocycles. The van der Waals surface area contributed by atoms with E-state index in [0.717, 1.165) is 32.2 Å². The van der Waals surface area contributed by atoms with E-state index in [1.807, 2.05) is 12.5 Å². The van der Waals surface area contributed by atoms with Gasteiger partial charge in [-0.05, 0) is 32.4 Å². The molecule has 1 heterocycles. The van der Waals surface area contributed by atoms with Gasteiger partial charge in [-0.3, -0.25) is 0 Å². The van der Waals surface area contributed by atoms with Gasteiger partial charge in [-0.25, -0.2) is 4.98 Å². The van der Waals surface area contributed by atoms with Crippen LogP contribution >= 0.6 is 0 Å². The van der Waals surface area contributed by atoms with Gasteiger partial charge in [0.25, 0.3) is 0 Å². The lowest BCUT2D eigenvalue weighted by Crippen LogP contribution is -2.32. The second-order valence-corrected chi connectivity index (χ2v) is 6.52. The van der Waals surface area contributed by atoms with Gasteiger partial charge in [0.05, 0.1) is 12.0 Å². The van der Waals surface area contributed by atoms with Crippen molar-refractivity contribution in [2.24, 2.45) is 5.92 Å². The second-order valence-electron chi connectivity index (χ2n) is 6.52. The first kappa shape index (κ1) is 15.5. The van der Waals surface area contributed by atoms with Crippen molar-refractivity contribution in [3.8, 4) is 0 Å². The van der Waals surface area contributed by atoms with Crippen LogP contribution in [0, 0.1) is 5.92 Å². The van der Waals surface area contributed by atoms with Gasteiger partial charge in [0, 0.05) is 31.9 Å². The van der Waals surface area contributed by atoms with Crippen molar-refractivity contribution in [3.05, 3.63) is 18.2 Å². The molecule has 4 heteroatoms. The van der Waals surface area contributed by atoms with Gasteiger partial charge < -0.3 is 14.8 Å². The molecule has 114 valence electrons. The summed E-state index contributed by atoms with van der Waals surface area (Å²) in [6.45, 7) is 8.63. The topological polar surface area (TPSA) is 33.1 Å². The third kappa shape index (κ3) is 4.60. The Morgan fingerprint density at radius 1 is 1.40 bits per heavy atom. The maximum absolute atomic E-state index is 4.30. The van der Waals surface area contributed by atoms with Crippen LogP contribution in [0.5, 0.6) is 0 Å². The van der Waals surface area contributed by atoms with Crippen LogP contribution in [0.25, 0.3) is 0 Å². The van der Waals surface area contributed by atoms with Crippen molar-refractivity contribution in [1.29, 1.82) is 0 Å². The highest BCUT2D eigenvalue weighted by Crippen LogP contribution is 2.22. The predicted molar refractivity (Wildman–Crippen MR) is 83.7 cm³/mol. The summed E-state index contributed by atoms with van der Waals surface area (Å²) in [4.78, 5) is 6.83. The summed E-state index contributed by atoms with van der Waals surface area (Å²) in [6, 6.07) is 0.807.